The van der Waals surface area contributed by atoms with Crippen LogP contribution in [-0.4, -0.2) is 23.9 Å². The fourth-order valence-corrected chi connectivity index (χ4v) is 2.31. The number of rotatable bonds is 3. The van der Waals surface area contributed by atoms with Gasteiger partial charge in [-0.2, -0.15) is 0 Å². The Balaban J connectivity index is 2.21. The molecule has 1 aromatic rings. The van der Waals surface area contributed by atoms with Crippen LogP contribution in [0.5, 0.6) is 0 Å². The highest BCUT2D eigenvalue weighted by atomic mass is 19.1. The van der Waals surface area contributed by atoms with Gasteiger partial charge in [0, 0.05) is 7.05 Å². The van der Waals surface area contributed by atoms with E-state index in [0.717, 1.165) is 12.0 Å². The van der Waals surface area contributed by atoms with Crippen LogP contribution < -0.4 is 5.32 Å². The van der Waals surface area contributed by atoms with Crippen LogP contribution in [0.1, 0.15) is 32.0 Å². The van der Waals surface area contributed by atoms with Crippen molar-refractivity contribution in [3.63, 3.8) is 0 Å². The van der Waals surface area contributed by atoms with E-state index >= 15 is 0 Å². The zero-order chi connectivity index (χ0) is 13.3. The normalized spacial score (nSPS) is 25.6. The second kappa shape index (κ2) is 5.06. The molecule has 0 aliphatic carbocycles. The van der Waals surface area contributed by atoms with Gasteiger partial charge in [-0.3, -0.25) is 10.1 Å². The van der Waals surface area contributed by atoms with Crippen LogP contribution >= 0.6 is 0 Å². The molecule has 1 heterocycles. The summed E-state index contributed by atoms with van der Waals surface area (Å²) in [7, 11) is 1.78. The lowest BCUT2D eigenvalue weighted by Gasteiger charge is -2.19. The largest absolute Gasteiger partial charge is 0.325 e. The number of likely N-dealkylation sites (N-methyl/N-ethyl adjacent to an activating group) is 1. The topological polar surface area (TPSA) is 32.3 Å². The lowest BCUT2D eigenvalue weighted by Crippen LogP contribution is -2.35. The molecular formula is C14H19FN2O. The van der Waals surface area contributed by atoms with Crippen LogP contribution in [0.15, 0.2) is 24.3 Å². The molecule has 1 saturated heterocycles. The minimum absolute atomic E-state index is 0.110. The second-order valence-electron chi connectivity index (χ2n) is 4.93. The van der Waals surface area contributed by atoms with Crippen LogP contribution in [0.2, 0.25) is 0 Å². The first kappa shape index (κ1) is 13.0. The standard InChI is InChI=1S/C14H19FN2O/c1-4-9(2)12-14(18)17(3)13(16-12)10-5-7-11(15)8-6-10/h5-9,12-13,16H,4H2,1-3H3. The van der Waals surface area contributed by atoms with Crippen LogP contribution in [0.4, 0.5) is 4.39 Å². The first-order valence-electron chi connectivity index (χ1n) is 6.32. The lowest BCUT2D eigenvalue weighted by molar-refractivity contribution is -0.129. The Bertz CT molecular complexity index is 432. The fraction of sp³-hybridized carbons (Fsp3) is 0.500. The molecule has 1 aliphatic rings. The van der Waals surface area contributed by atoms with Crippen molar-refractivity contribution >= 4 is 5.91 Å². The Morgan fingerprint density at radius 2 is 2.00 bits per heavy atom. The number of amides is 1. The summed E-state index contributed by atoms with van der Waals surface area (Å²) in [5.74, 6) is 0.147. The number of carbonyl (C=O) groups is 1. The summed E-state index contributed by atoms with van der Waals surface area (Å²) in [6.45, 7) is 4.14. The third-order valence-corrected chi connectivity index (χ3v) is 3.74. The van der Waals surface area contributed by atoms with E-state index in [1.54, 1.807) is 24.1 Å². The molecule has 0 bridgehead atoms. The van der Waals surface area contributed by atoms with Crippen molar-refractivity contribution in [2.24, 2.45) is 5.92 Å². The average Bonchev–Trinajstić information content (AvgIpc) is 2.67. The number of benzene rings is 1. The van der Waals surface area contributed by atoms with Gasteiger partial charge in [0.25, 0.3) is 0 Å². The number of nitrogens with zero attached hydrogens (tertiary/aromatic N) is 1. The highest BCUT2D eigenvalue weighted by Crippen LogP contribution is 2.27. The van der Waals surface area contributed by atoms with Crippen molar-refractivity contribution in [3.05, 3.63) is 35.6 Å². The molecule has 3 atom stereocenters. The van der Waals surface area contributed by atoms with Gasteiger partial charge in [0.05, 0.1) is 6.04 Å². The Hall–Kier alpha value is -1.42. The van der Waals surface area contributed by atoms with E-state index in [1.165, 1.54) is 12.1 Å². The molecule has 1 fully saturated rings. The summed E-state index contributed by atoms with van der Waals surface area (Å²) in [6, 6.07) is 6.14. The molecule has 1 N–H and O–H groups in total. The molecule has 18 heavy (non-hydrogen) atoms. The van der Waals surface area contributed by atoms with E-state index in [1.807, 2.05) is 0 Å². The third kappa shape index (κ3) is 2.25. The Morgan fingerprint density at radius 1 is 1.39 bits per heavy atom. The molecule has 98 valence electrons. The maximum Gasteiger partial charge on any atom is 0.241 e. The van der Waals surface area contributed by atoms with Gasteiger partial charge in [-0.15, -0.1) is 0 Å². The van der Waals surface area contributed by atoms with Crippen molar-refractivity contribution in [1.29, 1.82) is 0 Å². The van der Waals surface area contributed by atoms with Crippen molar-refractivity contribution in [1.82, 2.24) is 10.2 Å². The lowest BCUT2D eigenvalue weighted by atomic mass is 9.99. The zero-order valence-electron chi connectivity index (χ0n) is 11.0. The van der Waals surface area contributed by atoms with E-state index in [9.17, 15) is 9.18 Å². The molecule has 0 radical (unpaired) electrons. The first-order valence-corrected chi connectivity index (χ1v) is 6.32. The predicted octanol–water partition coefficient (Wildman–Crippen LogP) is 2.30. The highest BCUT2D eigenvalue weighted by Gasteiger charge is 2.39. The fourth-order valence-electron chi connectivity index (χ4n) is 2.31. The summed E-state index contributed by atoms with van der Waals surface area (Å²) in [5, 5.41) is 3.33. The summed E-state index contributed by atoms with van der Waals surface area (Å²) >= 11 is 0. The second-order valence-corrected chi connectivity index (χ2v) is 4.93. The summed E-state index contributed by atoms with van der Waals surface area (Å²) in [5.41, 5.74) is 0.915. The average molecular weight is 250 g/mol. The Morgan fingerprint density at radius 3 is 2.56 bits per heavy atom. The van der Waals surface area contributed by atoms with Crippen molar-refractivity contribution in [2.45, 2.75) is 32.5 Å². The van der Waals surface area contributed by atoms with Gasteiger partial charge in [0.1, 0.15) is 12.0 Å². The van der Waals surface area contributed by atoms with E-state index in [0.29, 0.717) is 5.92 Å². The van der Waals surface area contributed by atoms with E-state index < -0.39 is 0 Å². The molecule has 0 saturated carbocycles. The smallest absolute Gasteiger partial charge is 0.241 e. The van der Waals surface area contributed by atoms with Crippen LogP contribution in [0, 0.1) is 11.7 Å². The Labute approximate surface area is 107 Å². The van der Waals surface area contributed by atoms with Gasteiger partial charge < -0.3 is 4.90 Å². The number of hydrogen-bond donors (Lipinski definition) is 1. The van der Waals surface area contributed by atoms with Gasteiger partial charge in [0.2, 0.25) is 5.91 Å². The summed E-state index contributed by atoms with van der Waals surface area (Å²) in [4.78, 5) is 13.8. The monoisotopic (exact) mass is 250 g/mol. The van der Waals surface area contributed by atoms with Crippen LogP contribution in [-0.2, 0) is 4.79 Å². The quantitative estimate of drug-likeness (QED) is 0.892. The van der Waals surface area contributed by atoms with E-state index in [2.05, 4.69) is 19.2 Å². The van der Waals surface area contributed by atoms with Gasteiger partial charge >= 0.3 is 0 Å². The van der Waals surface area contributed by atoms with Crippen molar-refractivity contribution in [3.8, 4) is 0 Å². The van der Waals surface area contributed by atoms with Gasteiger partial charge in [-0.05, 0) is 23.6 Å². The van der Waals surface area contributed by atoms with Crippen LogP contribution in [0.3, 0.4) is 0 Å². The summed E-state index contributed by atoms with van der Waals surface area (Å²) < 4.78 is 12.9. The minimum Gasteiger partial charge on any atom is -0.325 e. The molecule has 0 aromatic heterocycles. The van der Waals surface area contributed by atoms with E-state index in [-0.39, 0.29) is 23.9 Å². The van der Waals surface area contributed by atoms with Gasteiger partial charge in [-0.25, -0.2) is 4.39 Å². The number of halogens is 1. The molecule has 4 heteroatoms. The third-order valence-electron chi connectivity index (χ3n) is 3.74. The Kier molecular flexibility index (Phi) is 3.66. The molecule has 1 aliphatic heterocycles. The number of carbonyl (C=O) groups excluding carboxylic acids is 1. The zero-order valence-corrected chi connectivity index (χ0v) is 11.0. The molecule has 2 rings (SSSR count). The molecule has 3 unspecified atom stereocenters. The van der Waals surface area contributed by atoms with Crippen molar-refractivity contribution < 1.29 is 9.18 Å². The maximum atomic E-state index is 12.9. The first-order chi connectivity index (χ1) is 8.54. The number of nitrogens with one attached hydrogen (secondary N) is 1. The van der Waals surface area contributed by atoms with Crippen LogP contribution in [0.25, 0.3) is 0 Å². The summed E-state index contributed by atoms with van der Waals surface area (Å²) in [6.07, 6.45) is 0.796. The molecular weight excluding hydrogens is 231 g/mol. The SMILES string of the molecule is CCC(C)C1NC(c2ccc(F)cc2)N(C)C1=O. The molecule has 1 amide bonds. The van der Waals surface area contributed by atoms with E-state index in [4.69, 9.17) is 0 Å². The molecule has 0 spiro atoms. The number of hydrogen-bond acceptors (Lipinski definition) is 2. The molecule has 3 nitrogen and oxygen atoms in total. The van der Waals surface area contributed by atoms with Gasteiger partial charge in [-0.1, -0.05) is 32.4 Å². The molecule has 1 aromatic carbocycles. The predicted molar refractivity (Wildman–Crippen MR) is 68.3 cm³/mol. The van der Waals surface area contributed by atoms with Crippen molar-refractivity contribution in [2.75, 3.05) is 7.05 Å². The maximum absolute atomic E-state index is 12.9. The highest BCUT2D eigenvalue weighted by molar-refractivity contribution is 5.84. The van der Waals surface area contributed by atoms with Gasteiger partial charge in [0.15, 0.2) is 0 Å². The minimum atomic E-state index is -0.260.